The van der Waals surface area contributed by atoms with E-state index in [4.69, 9.17) is 0 Å². The largest absolute Gasteiger partial charge is 0.401 e. The number of halogens is 3. The third-order valence-electron chi connectivity index (χ3n) is 3.26. The van der Waals surface area contributed by atoms with Crippen molar-refractivity contribution in [2.75, 3.05) is 26.2 Å². The number of rotatable bonds is 8. The van der Waals surface area contributed by atoms with Gasteiger partial charge in [0, 0.05) is 12.6 Å². The molecule has 0 aliphatic heterocycles. The summed E-state index contributed by atoms with van der Waals surface area (Å²) >= 11 is 0. The molecule has 1 N–H and O–H groups in total. The molecule has 1 atom stereocenters. The summed E-state index contributed by atoms with van der Waals surface area (Å²) in [6, 6.07) is 0.190. The van der Waals surface area contributed by atoms with Crippen molar-refractivity contribution in [2.45, 2.75) is 53.3 Å². The van der Waals surface area contributed by atoms with Crippen molar-refractivity contribution in [3.63, 3.8) is 0 Å². The maximum atomic E-state index is 12.5. The van der Waals surface area contributed by atoms with Crippen molar-refractivity contribution in [1.82, 2.24) is 10.2 Å². The van der Waals surface area contributed by atoms with Crippen LogP contribution < -0.4 is 5.32 Å². The van der Waals surface area contributed by atoms with E-state index in [0.717, 1.165) is 13.0 Å². The molecule has 0 aromatic rings. The molecular weight excluding hydrogens is 241 g/mol. The Morgan fingerprint density at radius 2 is 1.67 bits per heavy atom. The van der Waals surface area contributed by atoms with Crippen LogP contribution in [0.2, 0.25) is 0 Å². The molecule has 0 radical (unpaired) electrons. The number of hydrogen-bond acceptors (Lipinski definition) is 2. The zero-order valence-electron chi connectivity index (χ0n) is 12.2. The average molecular weight is 268 g/mol. The van der Waals surface area contributed by atoms with Crippen molar-refractivity contribution >= 4 is 0 Å². The minimum absolute atomic E-state index is 0.184. The lowest BCUT2D eigenvalue weighted by atomic mass is 9.84. The Kier molecular flexibility index (Phi) is 7.22. The van der Waals surface area contributed by atoms with Gasteiger partial charge in [-0.05, 0) is 31.8 Å². The Morgan fingerprint density at radius 1 is 1.11 bits per heavy atom. The Balaban J connectivity index is 4.55. The summed E-state index contributed by atoms with van der Waals surface area (Å²) in [7, 11) is 0. The van der Waals surface area contributed by atoms with Gasteiger partial charge in [0.2, 0.25) is 0 Å². The number of nitrogens with zero attached hydrogens (tertiary/aromatic N) is 1. The third kappa shape index (κ3) is 7.21. The fourth-order valence-corrected chi connectivity index (χ4v) is 2.08. The summed E-state index contributed by atoms with van der Waals surface area (Å²) in [5.74, 6) is 0. The smallest absolute Gasteiger partial charge is 0.314 e. The fraction of sp³-hybridized carbons (Fsp3) is 1.00. The van der Waals surface area contributed by atoms with Crippen LogP contribution in [0, 0.1) is 5.41 Å². The van der Waals surface area contributed by atoms with Crippen molar-refractivity contribution in [3.05, 3.63) is 0 Å². The summed E-state index contributed by atoms with van der Waals surface area (Å²) in [5, 5.41) is 3.29. The first-order valence-electron chi connectivity index (χ1n) is 6.65. The summed E-state index contributed by atoms with van der Waals surface area (Å²) in [6.45, 7) is 10.9. The van der Waals surface area contributed by atoms with Crippen LogP contribution in [0.5, 0.6) is 0 Å². The average Bonchev–Trinajstić information content (AvgIpc) is 2.14. The van der Waals surface area contributed by atoms with Gasteiger partial charge in [-0.25, -0.2) is 0 Å². The van der Waals surface area contributed by atoms with Crippen LogP contribution in [0.15, 0.2) is 0 Å². The van der Waals surface area contributed by atoms with E-state index in [1.165, 1.54) is 4.90 Å². The molecule has 0 spiro atoms. The highest BCUT2D eigenvalue weighted by molar-refractivity contribution is 4.84. The number of hydrogen-bond donors (Lipinski definition) is 1. The van der Waals surface area contributed by atoms with Gasteiger partial charge >= 0.3 is 6.18 Å². The van der Waals surface area contributed by atoms with Crippen LogP contribution in [-0.2, 0) is 0 Å². The molecule has 0 fully saturated rings. The number of alkyl halides is 3. The Hall–Kier alpha value is -0.290. The van der Waals surface area contributed by atoms with Crippen molar-refractivity contribution in [3.8, 4) is 0 Å². The van der Waals surface area contributed by atoms with Crippen LogP contribution in [0.4, 0.5) is 13.2 Å². The first kappa shape index (κ1) is 17.7. The summed E-state index contributed by atoms with van der Waals surface area (Å²) in [4.78, 5) is 1.51. The van der Waals surface area contributed by atoms with Crippen LogP contribution in [-0.4, -0.2) is 43.3 Å². The molecule has 0 amide bonds. The van der Waals surface area contributed by atoms with Crippen LogP contribution >= 0.6 is 0 Å². The Morgan fingerprint density at radius 3 is 2.06 bits per heavy atom. The Bertz CT molecular complexity index is 227. The molecule has 0 heterocycles. The molecule has 0 saturated heterocycles. The van der Waals surface area contributed by atoms with Gasteiger partial charge in [0.1, 0.15) is 0 Å². The van der Waals surface area contributed by atoms with Gasteiger partial charge in [-0.1, -0.05) is 27.7 Å². The standard InChI is InChI=1S/C13H27F3N2/c1-6-8-18(10-13(14,15)16)9-12(4,5)11(3)17-7-2/h11,17H,6-10H2,1-5H3. The molecule has 2 nitrogen and oxygen atoms in total. The highest BCUT2D eigenvalue weighted by Crippen LogP contribution is 2.25. The monoisotopic (exact) mass is 268 g/mol. The SMILES string of the molecule is CCCN(CC(F)(F)F)CC(C)(C)C(C)NCC. The van der Waals surface area contributed by atoms with Crippen molar-refractivity contribution in [2.24, 2.45) is 5.41 Å². The summed E-state index contributed by atoms with van der Waals surface area (Å²) in [5.41, 5.74) is -0.184. The minimum atomic E-state index is -4.12. The van der Waals surface area contributed by atoms with Gasteiger partial charge in [0.15, 0.2) is 0 Å². The van der Waals surface area contributed by atoms with Gasteiger partial charge in [-0.2, -0.15) is 13.2 Å². The molecule has 0 saturated carbocycles. The highest BCUT2D eigenvalue weighted by atomic mass is 19.4. The second-order valence-corrected chi connectivity index (χ2v) is 5.59. The van der Waals surface area contributed by atoms with E-state index in [0.29, 0.717) is 13.1 Å². The normalized spacial score (nSPS) is 15.2. The van der Waals surface area contributed by atoms with Gasteiger partial charge in [-0.3, -0.25) is 4.90 Å². The van der Waals surface area contributed by atoms with E-state index < -0.39 is 12.7 Å². The lowest BCUT2D eigenvalue weighted by molar-refractivity contribution is -0.149. The van der Waals surface area contributed by atoms with Gasteiger partial charge in [0.25, 0.3) is 0 Å². The fourth-order valence-electron chi connectivity index (χ4n) is 2.08. The molecule has 0 rings (SSSR count). The van der Waals surface area contributed by atoms with Crippen LogP contribution in [0.3, 0.4) is 0 Å². The lowest BCUT2D eigenvalue weighted by Crippen LogP contribution is -2.48. The van der Waals surface area contributed by atoms with Crippen LogP contribution in [0.25, 0.3) is 0 Å². The van der Waals surface area contributed by atoms with Gasteiger partial charge in [0.05, 0.1) is 6.54 Å². The predicted molar refractivity (Wildman–Crippen MR) is 69.7 cm³/mol. The first-order valence-corrected chi connectivity index (χ1v) is 6.65. The zero-order chi connectivity index (χ0) is 14.4. The molecule has 110 valence electrons. The molecule has 0 bridgehead atoms. The quantitative estimate of drug-likeness (QED) is 0.726. The molecular formula is C13H27F3N2. The molecule has 0 aromatic carbocycles. The molecule has 0 aromatic heterocycles. The molecule has 5 heteroatoms. The lowest BCUT2D eigenvalue weighted by Gasteiger charge is -2.37. The van der Waals surface area contributed by atoms with E-state index >= 15 is 0 Å². The minimum Gasteiger partial charge on any atom is -0.314 e. The van der Waals surface area contributed by atoms with Crippen molar-refractivity contribution < 1.29 is 13.2 Å². The van der Waals surface area contributed by atoms with E-state index in [2.05, 4.69) is 5.32 Å². The maximum Gasteiger partial charge on any atom is 0.401 e. The second kappa shape index (κ2) is 7.34. The van der Waals surface area contributed by atoms with Gasteiger partial charge < -0.3 is 5.32 Å². The zero-order valence-corrected chi connectivity index (χ0v) is 12.2. The van der Waals surface area contributed by atoms with Crippen molar-refractivity contribution in [1.29, 1.82) is 0 Å². The first-order chi connectivity index (χ1) is 8.12. The van der Waals surface area contributed by atoms with Crippen LogP contribution in [0.1, 0.15) is 41.0 Å². The summed E-state index contributed by atoms with van der Waals surface area (Å²) in [6.07, 6.45) is -3.38. The Labute approximate surface area is 109 Å². The molecule has 0 aliphatic rings. The summed E-state index contributed by atoms with van der Waals surface area (Å²) < 4.78 is 37.5. The van der Waals surface area contributed by atoms with E-state index in [1.54, 1.807) is 0 Å². The van der Waals surface area contributed by atoms with E-state index in [9.17, 15) is 13.2 Å². The second-order valence-electron chi connectivity index (χ2n) is 5.59. The molecule has 18 heavy (non-hydrogen) atoms. The molecule has 1 unspecified atom stereocenters. The van der Waals surface area contributed by atoms with E-state index in [1.807, 2.05) is 34.6 Å². The molecule has 0 aliphatic carbocycles. The maximum absolute atomic E-state index is 12.5. The van der Waals surface area contributed by atoms with E-state index in [-0.39, 0.29) is 11.5 Å². The van der Waals surface area contributed by atoms with Gasteiger partial charge in [-0.15, -0.1) is 0 Å². The number of nitrogens with one attached hydrogen (secondary N) is 1. The predicted octanol–water partition coefficient (Wildman–Crippen LogP) is 3.28. The highest BCUT2D eigenvalue weighted by Gasteiger charge is 2.34. The third-order valence-corrected chi connectivity index (χ3v) is 3.26. The topological polar surface area (TPSA) is 15.3 Å².